The van der Waals surface area contributed by atoms with E-state index in [4.69, 9.17) is 0 Å². The number of hydrogen-bond acceptors (Lipinski definition) is 4. The Bertz CT molecular complexity index is 550. The normalized spacial score (nSPS) is 12.4. The molecule has 0 aromatic carbocycles. The van der Waals surface area contributed by atoms with Crippen molar-refractivity contribution in [1.82, 2.24) is 14.8 Å². The highest BCUT2D eigenvalue weighted by molar-refractivity contribution is 5.26. The molecular weight excluding hydrogens is 220 g/mol. The van der Waals surface area contributed by atoms with Gasteiger partial charge in [-0.25, -0.2) is 0 Å². The van der Waals surface area contributed by atoms with Crippen molar-refractivity contribution in [3.63, 3.8) is 0 Å². The lowest BCUT2D eigenvalue weighted by Crippen LogP contribution is -2.09. The minimum absolute atomic E-state index is 0.0494. The molecule has 6 heteroatoms. The Kier molecular flexibility index (Phi) is 2.86. The maximum Gasteiger partial charge on any atom is 0.389 e. The van der Waals surface area contributed by atoms with E-state index >= 15 is 0 Å². The van der Waals surface area contributed by atoms with Gasteiger partial charge in [0.05, 0.1) is 23.4 Å². The van der Waals surface area contributed by atoms with E-state index in [2.05, 4.69) is 10.1 Å². The lowest BCUT2D eigenvalue weighted by molar-refractivity contribution is -0.389. The Balaban J connectivity index is 2.34. The summed E-state index contributed by atoms with van der Waals surface area (Å²) >= 11 is 0. The first-order valence-electron chi connectivity index (χ1n) is 5.19. The molecule has 0 radical (unpaired) electrons. The molecule has 2 heterocycles. The minimum Gasteiger partial charge on any atom is -0.358 e. The second-order valence-corrected chi connectivity index (χ2v) is 3.82. The average molecular weight is 232 g/mol. The molecule has 0 spiro atoms. The second-order valence-electron chi connectivity index (χ2n) is 3.82. The molecule has 6 nitrogen and oxygen atoms in total. The van der Waals surface area contributed by atoms with Gasteiger partial charge in [0, 0.05) is 12.4 Å². The predicted molar refractivity (Wildman–Crippen MR) is 61.7 cm³/mol. The van der Waals surface area contributed by atoms with E-state index in [0.717, 1.165) is 11.1 Å². The Morgan fingerprint density at radius 2 is 2.24 bits per heavy atom. The van der Waals surface area contributed by atoms with E-state index in [1.165, 1.54) is 6.07 Å². The summed E-state index contributed by atoms with van der Waals surface area (Å²) in [5, 5.41) is 14.5. The fraction of sp³-hybridized carbons (Fsp3) is 0.273. The topological polar surface area (TPSA) is 73.8 Å². The van der Waals surface area contributed by atoms with Crippen LogP contribution in [0.25, 0.3) is 0 Å². The van der Waals surface area contributed by atoms with E-state index in [-0.39, 0.29) is 11.9 Å². The molecule has 2 aromatic rings. The maximum atomic E-state index is 10.6. The molecule has 1 atom stereocenters. The SMILES string of the molecule is Cc1cnccc1C(C)n1ccc([N+](=O)[O-])n1. The van der Waals surface area contributed by atoms with Crippen LogP contribution in [0, 0.1) is 17.0 Å². The summed E-state index contributed by atoms with van der Waals surface area (Å²) in [7, 11) is 0. The van der Waals surface area contributed by atoms with Crippen LogP contribution in [-0.2, 0) is 0 Å². The van der Waals surface area contributed by atoms with Gasteiger partial charge < -0.3 is 10.1 Å². The molecule has 2 rings (SSSR count). The van der Waals surface area contributed by atoms with Crippen LogP contribution < -0.4 is 0 Å². The van der Waals surface area contributed by atoms with Gasteiger partial charge >= 0.3 is 5.82 Å². The van der Waals surface area contributed by atoms with Crippen LogP contribution in [0.1, 0.15) is 24.1 Å². The van der Waals surface area contributed by atoms with Gasteiger partial charge in [-0.05, 0) is 36.0 Å². The monoisotopic (exact) mass is 232 g/mol. The summed E-state index contributed by atoms with van der Waals surface area (Å²) in [6, 6.07) is 3.24. The molecule has 1 unspecified atom stereocenters. The van der Waals surface area contributed by atoms with Crippen LogP contribution in [0.2, 0.25) is 0 Å². The summed E-state index contributed by atoms with van der Waals surface area (Å²) in [6.07, 6.45) is 5.09. The molecule has 0 fully saturated rings. The molecule has 2 aromatic heterocycles. The first-order valence-corrected chi connectivity index (χ1v) is 5.19. The van der Waals surface area contributed by atoms with E-state index < -0.39 is 4.92 Å². The van der Waals surface area contributed by atoms with E-state index in [1.807, 2.05) is 19.9 Å². The van der Waals surface area contributed by atoms with Crippen molar-refractivity contribution in [2.24, 2.45) is 0 Å². The van der Waals surface area contributed by atoms with Crippen molar-refractivity contribution < 1.29 is 4.92 Å². The number of aryl methyl sites for hydroxylation is 1. The van der Waals surface area contributed by atoms with Gasteiger partial charge in [0.2, 0.25) is 0 Å². The Morgan fingerprint density at radius 1 is 1.47 bits per heavy atom. The van der Waals surface area contributed by atoms with Crippen molar-refractivity contribution in [3.05, 3.63) is 52.0 Å². The van der Waals surface area contributed by atoms with Crippen molar-refractivity contribution in [3.8, 4) is 0 Å². The number of pyridine rings is 1. The standard InChI is InChI=1S/C11H12N4O2/c1-8-7-12-5-3-10(8)9(2)14-6-4-11(13-14)15(16)17/h3-7,9H,1-2H3. The summed E-state index contributed by atoms with van der Waals surface area (Å²) < 4.78 is 1.58. The van der Waals surface area contributed by atoms with Gasteiger partial charge in [-0.3, -0.25) is 4.98 Å². The lowest BCUT2D eigenvalue weighted by atomic mass is 10.1. The van der Waals surface area contributed by atoms with Crippen LogP contribution in [0.4, 0.5) is 5.82 Å². The largest absolute Gasteiger partial charge is 0.389 e. The zero-order valence-corrected chi connectivity index (χ0v) is 9.57. The minimum atomic E-state index is -0.497. The first kappa shape index (κ1) is 11.3. The van der Waals surface area contributed by atoms with Crippen LogP contribution in [0.3, 0.4) is 0 Å². The van der Waals surface area contributed by atoms with Crippen molar-refractivity contribution in [2.45, 2.75) is 19.9 Å². The lowest BCUT2D eigenvalue weighted by Gasteiger charge is -2.11. The van der Waals surface area contributed by atoms with Gasteiger partial charge in [-0.2, -0.15) is 4.68 Å². The van der Waals surface area contributed by atoms with Gasteiger partial charge in [0.25, 0.3) is 0 Å². The molecular formula is C11H12N4O2. The molecule has 17 heavy (non-hydrogen) atoms. The molecule has 0 aliphatic rings. The summed E-state index contributed by atoms with van der Waals surface area (Å²) in [5.41, 5.74) is 2.09. The third-order valence-corrected chi connectivity index (χ3v) is 2.69. The molecule has 0 saturated carbocycles. The smallest absolute Gasteiger partial charge is 0.358 e. The van der Waals surface area contributed by atoms with Crippen molar-refractivity contribution >= 4 is 5.82 Å². The van der Waals surface area contributed by atoms with Gasteiger partial charge in [-0.1, -0.05) is 0 Å². The van der Waals surface area contributed by atoms with Crippen molar-refractivity contribution in [1.29, 1.82) is 0 Å². The zero-order valence-electron chi connectivity index (χ0n) is 9.57. The number of hydrogen-bond donors (Lipinski definition) is 0. The number of rotatable bonds is 3. The average Bonchev–Trinajstić information content (AvgIpc) is 2.78. The molecule has 0 bridgehead atoms. The van der Waals surface area contributed by atoms with E-state index in [9.17, 15) is 10.1 Å². The van der Waals surface area contributed by atoms with E-state index in [0.29, 0.717) is 0 Å². The molecule has 0 N–H and O–H groups in total. The highest BCUT2D eigenvalue weighted by Crippen LogP contribution is 2.21. The van der Waals surface area contributed by atoms with Crippen molar-refractivity contribution in [2.75, 3.05) is 0 Å². The number of aromatic nitrogens is 3. The zero-order chi connectivity index (χ0) is 12.4. The first-order chi connectivity index (χ1) is 8.09. The number of nitrogens with zero attached hydrogens (tertiary/aromatic N) is 4. The fourth-order valence-electron chi connectivity index (χ4n) is 1.74. The number of nitro groups is 1. The second kappa shape index (κ2) is 4.32. The summed E-state index contributed by atoms with van der Waals surface area (Å²) in [4.78, 5) is 14.1. The fourth-order valence-corrected chi connectivity index (χ4v) is 1.74. The molecule has 0 aliphatic heterocycles. The Morgan fingerprint density at radius 3 is 2.82 bits per heavy atom. The van der Waals surface area contributed by atoms with Crippen LogP contribution >= 0.6 is 0 Å². The summed E-state index contributed by atoms with van der Waals surface area (Å²) in [5.74, 6) is -0.136. The molecule has 88 valence electrons. The molecule has 0 saturated heterocycles. The highest BCUT2D eigenvalue weighted by atomic mass is 16.6. The third kappa shape index (κ3) is 2.15. The quantitative estimate of drug-likeness (QED) is 0.600. The van der Waals surface area contributed by atoms with Gasteiger partial charge in [-0.15, -0.1) is 0 Å². The van der Waals surface area contributed by atoms with E-state index in [1.54, 1.807) is 23.3 Å². The highest BCUT2D eigenvalue weighted by Gasteiger charge is 2.17. The van der Waals surface area contributed by atoms with Gasteiger partial charge in [0.15, 0.2) is 0 Å². The van der Waals surface area contributed by atoms with Gasteiger partial charge in [0.1, 0.15) is 0 Å². The Labute approximate surface area is 98.1 Å². The molecule has 0 amide bonds. The molecule has 0 aliphatic carbocycles. The predicted octanol–water partition coefficient (Wildman–Crippen LogP) is 2.10. The van der Waals surface area contributed by atoms with Crippen LogP contribution in [0.5, 0.6) is 0 Å². The van der Waals surface area contributed by atoms with Crippen LogP contribution in [-0.4, -0.2) is 19.7 Å². The third-order valence-electron chi connectivity index (χ3n) is 2.69. The maximum absolute atomic E-state index is 10.6. The summed E-state index contributed by atoms with van der Waals surface area (Å²) in [6.45, 7) is 3.90. The van der Waals surface area contributed by atoms with Crippen LogP contribution in [0.15, 0.2) is 30.7 Å². The Hall–Kier alpha value is -2.24.